The Bertz CT molecular complexity index is 1330. The van der Waals surface area contributed by atoms with Crippen molar-refractivity contribution in [3.63, 3.8) is 0 Å². The van der Waals surface area contributed by atoms with Gasteiger partial charge in [-0.05, 0) is 66.3 Å². The number of sulfonamides is 1. The van der Waals surface area contributed by atoms with Gasteiger partial charge >= 0.3 is 0 Å². The van der Waals surface area contributed by atoms with Gasteiger partial charge in [-0.15, -0.1) is 0 Å². The van der Waals surface area contributed by atoms with Crippen molar-refractivity contribution in [2.45, 2.75) is 51.3 Å². The highest BCUT2D eigenvalue weighted by molar-refractivity contribution is 7.89. The monoisotopic (exact) mass is 513 g/mol. The minimum absolute atomic E-state index is 0.0402. The summed E-state index contributed by atoms with van der Waals surface area (Å²) in [5.41, 5.74) is 6.21. The lowest BCUT2D eigenvalue weighted by molar-refractivity contribution is -0.113. The molecule has 0 aliphatic carbocycles. The number of hydrogen-bond acceptors (Lipinski definition) is 3. The lowest BCUT2D eigenvalue weighted by Gasteiger charge is -2.29. The zero-order chi connectivity index (χ0) is 26.4. The van der Waals surface area contributed by atoms with E-state index in [9.17, 15) is 13.2 Å². The molecule has 1 aliphatic rings. The molecular formula is C32H35NO3S. The number of carbonyl (C=O) groups excluding carboxylic acids is 1. The zero-order valence-corrected chi connectivity index (χ0v) is 22.7. The second-order valence-corrected chi connectivity index (χ2v) is 11.7. The quantitative estimate of drug-likeness (QED) is 0.317. The Labute approximate surface area is 221 Å². The molecule has 1 saturated heterocycles. The summed E-state index contributed by atoms with van der Waals surface area (Å²) in [5.74, 6) is -0.106. The summed E-state index contributed by atoms with van der Waals surface area (Å²) in [6.07, 6.45) is 7.79. The highest BCUT2D eigenvalue weighted by Crippen LogP contribution is 2.27. The molecule has 0 atom stereocenters. The van der Waals surface area contributed by atoms with Crippen LogP contribution in [0.1, 0.15) is 54.5 Å². The van der Waals surface area contributed by atoms with Crippen LogP contribution in [-0.2, 0) is 27.7 Å². The molecule has 0 saturated carbocycles. The third-order valence-corrected chi connectivity index (χ3v) is 8.46. The van der Waals surface area contributed by atoms with Crippen LogP contribution in [0, 0.1) is 6.92 Å². The Kier molecular flexibility index (Phi) is 8.57. The van der Waals surface area contributed by atoms with E-state index in [1.807, 2.05) is 43.3 Å². The maximum atomic E-state index is 13.6. The summed E-state index contributed by atoms with van der Waals surface area (Å²) < 4.78 is 28.6. The molecule has 4 rings (SSSR count). The molecular weight excluding hydrogens is 478 g/mol. The fourth-order valence-corrected chi connectivity index (χ4v) is 5.97. The van der Waals surface area contributed by atoms with Gasteiger partial charge in [0.1, 0.15) is 0 Å². The highest BCUT2D eigenvalue weighted by Gasteiger charge is 2.34. The summed E-state index contributed by atoms with van der Waals surface area (Å²) in [7, 11) is -3.78. The van der Waals surface area contributed by atoms with Crippen LogP contribution in [0.15, 0.2) is 88.8 Å². The van der Waals surface area contributed by atoms with E-state index in [4.69, 9.17) is 0 Å². The summed E-state index contributed by atoms with van der Waals surface area (Å²) in [6, 6.07) is 23.1. The summed E-state index contributed by atoms with van der Waals surface area (Å²) >= 11 is 0. The molecule has 37 heavy (non-hydrogen) atoms. The molecule has 3 aromatic carbocycles. The van der Waals surface area contributed by atoms with Gasteiger partial charge in [-0.1, -0.05) is 92.9 Å². The molecule has 1 heterocycles. The highest BCUT2D eigenvalue weighted by atomic mass is 32.2. The fraction of sp³-hybridized carbons (Fsp3) is 0.281. The van der Waals surface area contributed by atoms with Crippen LogP contribution >= 0.6 is 0 Å². The van der Waals surface area contributed by atoms with Crippen LogP contribution in [0.2, 0.25) is 0 Å². The van der Waals surface area contributed by atoms with Gasteiger partial charge in [0.2, 0.25) is 10.0 Å². The average Bonchev–Trinajstić information content (AvgIpc) is 2.89. The van der Waals surface area contributed by atoms with Crippen molar-refractivity contribution in [3.05, 3.63) is 112 Å². The molecule has 0 amide bonds. The number of rotatable bonds is 8. The number of carbonyl (C=O) groups is 1. The fourth-order valence-electron chi connectivity index (χ4n) is 4.58. The first kappa shape index (κ1) is 26.8. The van der Waals surface area contributed by atoms with Crippen LogP contribution in [0.25, 0.3) is 12.2 Å². The second kappa shape index (κ2) is 11.8. The van der Waals surface area contributed by atoms with Gasteiger partial charge in [-0.2, -0.15) is 4.31 Å². The van der Waals surface area contributed by atoms with Crippen LogP contribution in [0.3, 0.4) is 0 Å². The third kappa shape index (κ3) is 6.54. The van der Waals surface area contributed by atoms with Crippen LogP contribution < -0.4 is 0 Å². The molecule has 4 nitrogen and oxygen atoms in total. The van der Waals surface area contributed by atoms with Gasteiger partial charge in [0.15, 0.2) is 5.78 Å². The van der Waals surface area contributed by atoms with E-state index in [0.717, 1.165) is 42.4 Å². The number of benzene rings is 3. The topological polar surface area (TPSA) is 54.5 Å². The Morgan fingerprint density at radius 1 is 0.703 bits per heavy atom. The van der Waals surface area contributed by atoms with E-state index in [2.05, 4.69) is 38.1 Å². The van der Waals surface area contributed by atoms with Gasteiger partial charge in [0.25, 0.3) is 0 Å². The molecule has 0 spiro atoms. The molecule has 0 radical (unpaired) electrons. The summed E-state index contributed by atoms with van der Waals surface area (Å²) in [4.78, 5) is 13.8. The lowest BCUT2D eigenvalue weighted by atomic mass is 9.95. The smallest absolute Gasteiger partial charge is 0.243 e. The van der Waals surface area contributed by atoms with Crippen molar-refractivity contribution in [1.29, 1.82) is 0 Å². The van der Waals surface area contributed by atoms with Crippen LogP contribution in [0.4, 0.5) is 0 Å². The molecule has 1 fully saturated rings. The molecule has 0 unspecified atom stereocenters. The molecule has 0 N–H and O–H groups in total. The number of Topliss-reactive ketones (excluding diaryl/α,β-unsaturated/α-hetero) is 1. The summed E-state index contributed by atoms with van der Waals surface area (Å²) in [5, 5.41) is 0. The number of hydrogen-bond donors (Lipinski definition) is 0. The Hall–Kier alpha value is -3.28. The zero-order valence-electron chi connectivity index (χ0n) is 21.9. The molecule has 0 bridgehead atoms. The Morgan fingerprint density at radius 2 is 1.14 bits per heavy atom. The standard InChI is InChI=1S/C32H35NO3S/c1-4-6-25-10-14-27(15-11-25)20-29-22-33(37(35,36)31-18-8-24(3)9-19-31)23-30(32(29)34)21-28-16-12-26(7-5-2)13-17-28/h8-21H,4-7,22-23H2,1-3H3. The average molecular weight is 514 g/mol. The maximum Gasteiger partial charge on any atom is 0.243 e. The molecule has 192 valence electrons. The first-order chi connectivity index (χ1) is 17.8. The molecule has 5 heteroatoms. The van der Waals surface area contributed by atoms with Crippen molar-refractivity contribution >= 4 is 28.0 Å². The van der Waals surface area contributed by atoms with Gasteiger partial charge in [0.05, 0.1) is 4.90 Å². The Balaban J connectivity index is 1.72. The molecule has 1 aliphatic heterocycles. The lowest BCUT2D eigenvalue weighted by Crippen LogP contribution is -2.41. The summed E-state index contributed by atoms with van der Waals surface area (Å²) in [6.45, 7) is 6.29. The maximum absolute atomic E-state index is 13.6. The van der Waals surface area contributed by atoms with E-state index >= 15 is 0 Å². The van der Waals surface area contributed by atoms with Gasteiger partial charge in [-0.25, -0.2) is 8.42 Å². The van der Waals surface area contributed by atoms with Crippen LogP contribution in [-0.4, -0.2) is 31.6 Å². The van der Waals surface area contributed by atoms with Crippen molar-refractivity contribution in [2.75, 3.05) is 13.1 Å². The normalized spacial score (nSPS) is 17.0. The van der Waals surface area contributed by atoms with E-state index in [1.165, 1.54) is 15.4 Å². The van der Waals surface area contributed by atoms with Crippen LogP contribution in [0.5, 0.6) is 0 Å². The van der Waals surface area contributed by atoms with E-state index < -0.39 is 10.0 Å². The number of nitrogens with zero attached hydrogens (tertiary/aromatic N) is 1. The second-order valence-electron chi connectivity index (χ2n) is 9.74. The SMILES string of the molecule is CCCc1ccc(C=C2CN(S(=O)(=O)c3ccc(C)cc3)CC(=Cc3ccc(CCC)cc3)C2=O)cc1. The van der Waals surface area contributed by atoms with Gasteiger partial charge in [-0.3, -0.25) is 4.79 Å². The minimum Gasteiger partial charge on any atom is -0.289 e. The largest absolute Gasteiger partial charge is 0.289 e. The van der Waals surface area contributed by atoms with Gasteiger partial charge in [0, 0.05) is 24.2 Å². The number of ketones is 1. The first-order valence-corrected chi connectivity index (χ1v) is 14.4. The predicted octanol–water partition coefficient (Wildman–Crippen LogP) is 6.64. The van der Waals surface area contributed by atoms with Crippen molar-refractivity contribution < 1.29 is 13.2 Å². The predicted molar refractivity (Wildman–Crippen MR) is 152 cm³/mol. The Morgan fingerprint density at radius 3 is 1.54 bits per heavy atom. The van der Waals surface area contributed by atoms with Crippen molar-refractivity contribution in [3.8, 4) is 0 Å². The van der Waals surface area contributed by atoms with Crippen molar-refractivity contribution in [1.82, 2.24) is 4.31 Å². The van der Waals surface area contributed by atoms with Crippen molar-refractivity contribution in [2.24, 2.45) is 0 Å². The van der Waals surface area contributed by atoms with E-state index in [-0.39, 0.29) is 23.8 Å². The third-order valence-electron chi connectivity index (χ3n) is 6.65. The number of piperidine rings is 1. The van der Waals surface area contributed by atoms with E-state index in [1.54, 1.807) is 24.3 Å². The first-order valence-electron chi connectivity index (χ1n) is 13.0. The van der Waals surface area contributed by atoms with E-state index in [0.29, 0.717) is 11.1 Å². The molecule has 3 aromatic rings. The number of aryl methyl sites for hydroxylation is 3. The van der Waals surface area contributed by atoms with Gasteiger partial charge < -0.3 is 0 Å². The minimum atomic E-state index is -3.78. The molecule has 0 aromatic heterocycles.